The lowest BCUT2D eigenvalue weighted by Gasteiger charge is -2.10. The summed E-state index contributed by atoms with van der Waals surface area (Å²) >= 11 is 5.02. The van der Waals surface area contributed by atoms with E-state index in [1.165, 1.54) is 12.1 Å². The highest BCUT2D eigenvalue weighted by Crippen LogP contribution is 2.35. The minimum atomic E-state index is -0.271. The summed E-state index contributed by atoms with van der Waals surface area (Å²) in [6, 6.07) is 4.67. The molecule has 0 radical (unpaired) electrons. The molecule has 100 valence electrons. The van der Waals surface area contributed by atoms with Crippen molar-refractivity contribution in [3.05, 3.63) is 40.0 Å². The summed E-state index contributed by atoms with van der Waals surface area (Å²) < 4.78 is 14.0. The maximum atomic E-state index is 13.6. The number of rotatable bonds is 1. The Hall–Kier alpha value is -2.08. The number of aryl methyl sites for hydroxylation is 1. The fraction of sp³-hybridized carbons (Fsp3) is 0.214. The quantitative estimate of drug-likeness (QED) is 0.675. The molecule has 2 heterocycles. The SMILES string of the molecule is Fc1ccc2nc3c(c(-c4nc(=S)[nH][nH]4)c2c1)CCC3. The van der Waals surface area contributed by atoms with Crippen LogP contribution in [0.4, 0.5) is 4.39 Å². The van der Waals surface area contributed by atoms with Crippen molar-refractivity contribution >= 4 is 23.1 Å². The van der Waals surface area contributed by atoms with Crippen molar-refractivity contribution < 1.29 is 4.39 Å². The van der Waals surface area contributed by atoms with Crippen LogP contribution in [-0.2, 0) is 12.8 Å². The maximum absolute atomic E-state index is 13.6. The third-order valence-corrected chi connectivity index (χ3v) is 3.91. The van der Waals surface area contributed by atoms with Crippen LogP contribution in [0.25, 0.3) is 22.3 Å². The van der Waals surface area contributed by atoms with Crippen LogP contribution in [-0.4, -0.2) is 20.2 Å². The average molecular weight is 286 g/mol. The van der Waals surface area contributed by atoms with E-state index in [1.807, 2.05) is 0 Å². The first-order chi connectivity index (χ1) is 9.72. The second-order valence-corrected chi connectivity index (χ2v) is 5.33. The molecule has 4 rings (SSSR count). The lowest BCUT2D eigenvalue weighted by Crippen LogP contribution is -1.97. The average Bonchev–Trinajstić information content (AvgIpc) is 3.04. The van der Waals surface area contributed by atoms with Gasteiger partial charge < -0.3 is 0 Å². The normalized spacial score (nSPS) is 13.8. The molecule has 2 N–H and O–H groups in total. The number of nitrogens with zero attached hydrogens (tertiary/aromatic N) is 2. The standard InChI is InChI=1S/C14H11FN4S/c15-7-4-5-11-9(6-7)12(13-17-14(20)19-18-13)8-2-1-3-10(8)16-11/h4-6H,1-3H2,(H2,17,18,19,20). The monoisotopic (exact) mass is 286 g/mol. The van der Waals surface area contributed by atoms with Crippen LogP contribution in [0.2, 0.25) is 0 Å². The number of aromatic nitrogens is 4. The molecule has 0 unspecified atom stereocenters. The molecular formula is C14H11FN4S. The molecule has 4 nitrogen and oxygen atoms in total. The number of fused-ring (bicyclic) bond motifs is 2. The number of aromatic amines is 2. The molecule has 0 fully saturated rings. The van der Waals surface area contributed by atoms with Crippen LogP contribution in [0.3, 0.4) is 0 Å². The zero-order chi connectivity index (χ0) is 13.7. The molecule has 3 aromatic rings. The predicted molar refractivity (Wildman–Crippen MR) is 76.5 cm³/mol. The number of pyridine rings is 1. The number of benzene rings is 1. The van der Waals surface area contributed by atoms with E-state index in [9.17, 15) is 4.39 Å². The summed E-state index contributed by atoms with van der Waals surface area (Å²) in [5.74, 6) is 0.388. The van der Waals surface area contributed by atoms with Crippen LogP contribution in [0.15, 0.2) is 18.2 Å². The fourth-order valence-electron chi connectivity index (χ4n) is 2.89. The second-order valence-electron chi connectivity index (χ2n) is 4.94. The smallest absolute Gasteiger partial charge is 0.213 e. The van der Waals surface area contributed by atoms with E-state index in [-0.39, 0.29) is 5.82 Å². The molecule has 0 aliphatic heterocycles. The van der Waals surface area contributed by atoms with Crippen LogP contribution < -0.4 is 0 Å². The summed E-state index contributed by atoms with van der Waals surface area (Å²) in [5, 5.41) is 6.56. The molecule has 0 saturated heterocycles. The number of hydrogen-bond acceptors (Lipinski definition) is 3. The highest BCUT2D eigenvalue weighted by Gasteiger charge is 2.22. The Morgan fingerprint density at radius 3 is 2.85 bits per heavy atom. The largest absolute Gasteiger partial charge is 0.282 e. The molecule has 2 aromatic heterocycles. The van der Waals surface area contributed by atoms with E-state index in [0.717, 1.165) is 47.0 Å². The molecule has 1 aliphatic rings. The Bertz CT molecular complexity index is 881. The van der Waals surface area contributed by atoms with Crippen molar-refractivity contribution in [3.63, 3.8) is 0 Å². The topological polar surface area (TPSA) is 57.4 Å². The van der Waals surface area contributed by atoms with Crippen molar-refractivity contribution in [3.8, 4) is 11.4 Å². The summed E-state index contributed by atoms with van der Waals surface area (Å²) in [5.41, 5.74) is 3.96. The molecule has 1 aliphatic carbocycles. The van der Waals surface area contributed by atoms with E-state index in [0.29, 0.717) is 10.6 Å². The third-order valence-electron chi connectivity index (χ3n) is 3.71. The zero-order valence-electron chi connectivity index (χ0n) is 10.5. The van der Waals surface area contributed by atoms with Gasteiger partial charge in [0.05, 0.1) is 5.52 Å². The van der Waals surface area contributed by atoms with Gasteiger partial charge in [0.15, 0.2) is 5.82 Å². The summed E-state index contributed by atoms with van der Waals surface area (Å²) in [6.45, 7) is 0. The van der Waals surface area contributed by atoms with Crippen molar-refractivity contribution in [2.75, 3.05) is 0 Å². The van der Waals surface area contributed by atoms with Crippen LogP contribution in [0.5, 0.6) is 0 Å². The predicted octanol–water partition coefficient (Wildman–Crippen LogP) is 3.31. The Morgan fingerprint density at radius 2 is 2.05 bits per heavy atom. The maximum Gasteiger partial charge on any atom is 0.213 e. The minimum absolute atomic E-state index is 0.271. The molecule has 0 spiro atoms. The van der Waals surface area contributed by atoms with Crippen LogP contribution in [0, 0.1) is 10.6 Å². The van der Waals surface area contributed by atoms with Gasteiger partial charge in [-0.25, -0.2) is 4.39 Å². The molecule has 1 aromatic carbocycles. The van der Waals surface area contributed by atoms with E-state index < -0.39 is 0 Å². The van der Waals surface area contributed by atoms with Crippen molar-refractivity contribution in [1.82, 2.24) is 20.2 Å². The third kappa shape index (κ3) is 1.68. The zero-order valence-corrected chi connectivity index (χ0v) is 11.4. The molecule has 0 atom stereocenters. The summed E-state index contributed by atoms with van der Waals surface area (Å²) in [4.78, 5) is 8.94. The van der Waals surface area contributed by atoms with Gasteiger partial charge >= 0.3 is 0 Å². The first-order valence-electron chi connectivity index (χ1n) is 6.48. The highest BCUT2D eigenvalue weighted by molar-refractivity contribution is 7.71. The number of H-pyrrole nitrogens is 2. The fourth-order valence-corrected chi connectivity index (χ4v) is 3.04. The summed E-state index contributed by atoms with van der Waals surface area (Å²) in [7, 11) is 0. The second kappa shape index (κ2) is 4.21. The first kappa shape index (κ1) is 11.7. The Balaban J connectivity index is 2.15. The Labute approximate surface area is 119 Å². The molecule has 20 heavy (non-hydrogen) atoms. The molecule has 6 heteroatoms. The van der Waals surface area contributed by atoms with Crippen LogP contribution >= 0.6 is 12.2 Å². The van der Waals surface area contributed by atoms with Gasteiger partial charge in [-0.1, -0.05) is 0 Å². The lowest BCUT2D eigenvalue weighted by atomic mass is 10.0. The van der Waals surface area contributed by atoms with Gasteiger partial charge in [0, 0.05) is 16.6 Å². The van der Waals surface area contributed by atoms with Gasteiger partial charge in [-0.15, -0.1) is 0 Å². The number of halogens is 1. The van der Waals surface area contributed by atoms with E-state index in [4.69, 9.17) is 12.2 Å². The van der Waals surface area contributed by atoms with Crippen LogP contribution in [0.1, 0.15) is 17.7 Å². The molecule has 0 amide bonds. The van der Waals surface area contributed by atoms with Gasteiger partial charge in [-0.3, -0.25) is 15.2 Å². The van der Waals surface area contributed by atoms with Gasteiger partial charge in [0.1, 0.15) is 5.82 Å². The minimum Gasteiger partial charge on any atom is -0.282 e. The van der Waals surface area contributed by atoms with E-state index in [1.54, 1.807) is 6.07 Å². The first-order valence-corrected chi connectivity index (χ1v) is 6.89. The number of hydrogen-bond donors (Lipinski definition) is 2. The summed E-state index contributed by atoms with van der Waals surface area (Å²) in [6.07, 6.45) is 2.97. The van der Waals surface area contributed by atoms with Crippen molar-refractivity contribution in [1.29, 1.82) is 0 Å². The Morgan fingerprint density at radius 1 is 1.15 bits per heavy atom. The highest BCUT2D eigenvalue weighted by atomic mass is 32.1. The lowest BCUT2D eigenvalue weighted by molar-refractivity contribution is 0.629. The molecule has 0 saturated carbocycles. The van der Waals surface area contributed by atoms with Gasteiger partial charge in [0.2, 0.25) is 4.77 Å². The molecule has 0 bridgehead atoms. The van der Waals surface area contributed by atoms with Gasteiger partial charge in [-0.2, -0.15) is 4.98 Å². The van der Waals surface area contributed by atoms with Crippen molar-refractivity contribution in [2.24, 2.45) is 0 Å². The molecular weight excluding hydrogens is 275 g/mol. The Kier molecular flexibility index (Phi) is 2.47. The van der Waals surface area contributed by atoms with E-state index in [2.05, 4.69) is 20.2 Å². The van der Waals surface area contributed by atoms with Gasteiger partial charge in [0.25, 0.3) is 0 Å². The number of nitrogens with one attached hydrogen (secondary N) is 2. The van der Waals surface area contributed by atoms with Crippen molar-refractivity contribution in [2.45, 2.75) is 19.3 Å². The van der Waals surface area contributed by atoms with E-state index >= 15 is 0 Å². The van der Waals surface area contributed by atoms with Gasteiger partial charge in [-0.05, 0) is 55.2 Å².